The number of hydrogen-bond donors (Lipinski definition) is 0. The van der Waals surface area contributed by atoms with Crippen molar-refractivity contribution in [3.8, 4) is 0 Å². The molecular weight excluding hydrogens is 751 g/mol. The number of likely N-dealkylation sites (N-methyl/N-ethyl adjacent to an activating group) is 1. The fourth-order valence-electron chi connectivity index (χ4n) is 6.62. The van der Waals surface area contributed by atoms with Crippen molar-refractivity contribution in [1.82, 2.24) is 0 Å². The van der Waals surface area contributed by atoms with Crippen molar-refractivity contribution in [2.75, 3.05) is 41.0 Å². The third-order valence-electron chi connectivity index (χ3n) is 10.3. The van der Waals surface area contributed by atoms with Crippen molar-refractivity contribution in [3.05, 3.63) is 72.9 Å². The lowest BCUT2D eigenvalue weighted by Crippen LogP contribution is -2.55. The average molecular weight is 840 g/mol. The first-order chi connectivity index (χ1) is 29.1. The lowest BCUT2D eigenvalue weighted by Gasteiger charge is -2.34. The Kier molecular flexibility index (Phi) is 40.2. The standard InChI is InChI=1S/C52H89NO7/c1-6-8-10-12-14-16-18-20-22-24-25-27-29-31-33-35-37-39-41-43-51(55)60-48(46-58-45-44-49(52(56)57)53(3,4)5)47-59-50(54)42-40-38-36-34-32-30-28-26-23-21-19-17-15-13-11-9-7-2/h8,10,14-17,20-23,25,27,48-49H,6-7,9,11-13,18-19,24,26,28-47H2,1-5H3/b10-8-,16-14-,17-15-,22-20-,23-21-,27-25-. The molecule has 0 bridgehead atoms. The van der Waals surface area contributed by atoms with Gasteiger partial charge in [0.05, 0.1) is 40.3 Å². The predicted molar refractivity (Wildman–Crippen MR) is 249 cm³/mol. The molecule has 0 heterocycles. The number of aliphatic carboxylic acids is 1. The second-order valence-electron chi connectivity index (χ2n) is 17.0. The van der Waals surface area contributed by atoms with Gasteiger partial charge in [-0.05, 0) is 83.5 Å². The molecule has 344 valence electrons. The van der Waals surface area contributed by atoms with Gasteiger partial charge in [0.25, 0.3) is 0 Å². The van der Waals surface area contributed by atoms with Crippen LogP contribution in [0.1, 0.15) is 187 Å². The average Bonchev–Trinajstić information content (AvgIpc) is 3.21. The van der Waals surface area contributed by atoms with Gasteiger partial charge >= 0.3 is 11.9 Å². The summed E-state index contributed by atoms with van der Waals surface area (Å²) in [5, 5.41) is 11.6. The van der Waals surface area contributed by atoms with E-state index in [9.17, 15) is 19.5 Å². The molecule has 0 aromatic carbocycles. The number of ether oxygens (including phenoxy) is 3. The Morgan fingerprint density at radius 1 is 0.517 bits per heavy atom. The fraction of sp³-hybridized carbons (Fsp3) is 0.712. The molecule has 0 aromatic heterocycles. The number of carbonyl (C=O) groups excluding carboxylic acids is 3. The SMILES string of the molecule is CC/C=C\C/C=C\C/C=C\C/C=C\CCCCCCCCC(=O)OC(COCCC(C(=O)[O-])[N+](C)(C)C)COC(=O)CCCCCCCCC/C=C\C/C=C\CCCCC. The molecule has 0 spiro atoms. The van der Waals surface area contributed by atoms with Crippen LogP contribution in [-0.2, 0) is 28.6 Å². The van der Waals surface area contributed by atoms with Crippen LogP contribution in [0.5, 0.6) is 0 Å². The van der Waals surface area contributed by atoms with E-state index in [0.717, 1.165) is 89.9 Å². The van der Waals surface area contributed by atoms with Gasteiger partial charge in [-0.15, -0.1) is 0 Å². The lowest BCUT2D eigenvalue weighted by atomic mass is 10.1. The summed E-state index contributed by atoms with van der Waals surface area (Å²) in [4.78, 5) is 37.0. The molecule has 2 atom stereocenters. The first kappa shape index (κ1) is 56.8. The minimum absolute atomic E-state index is 0.0289. The van der Waals surface area contributed by atoms with Crippen molar-refractivity contribution in [2.24, 2.45) is 0 Å². The maximum absolute atomic E-state index is 12.8. The number of hydrogen-bond acceptors (Lipinski definition) is 7. The molecule has 8 nitrogen and oxygen atoms in total. The van der Waals surface area contributed by atoms with E-state index < -0.39 is 18.1 Å². The van der Waals surface area contributed by atoms with Gasteiger partial charge in [-0.25, -0.2) is 0 Å². The van der Waals surface area contributed by atoms with Gasteiger partial charge in [-0.3, -0.25) is 9.59 Å². The molecule has 0 radical (unpaired) electrons. The van der Waals surface area contributed by atoms with Gasteiger partial charge in [-0.2, -0.15) is 0 Å². The summed E-state index contributed by atoms with van der Waals surface area (Å²) in [5.41, 5.74) is 0. The highest BCUT2D eigenvalue weighted by molar-refractivity contribution is 5.70. The Labute approximate surface area is 368 Å². The largest absolute Gasteiger partial charge is 0.544 e. The summed E-state index contributed by atoms with van der Waals surface area (Å²) in [6.07, 6.45) is 53.5. The van der Waals surface area contributed by atoms with E-state index >= 15 is 0 Å². The van der Waals surface area contributed by atoms with Crippen LogP contribution >= 0.6 is 0 Å². The maximum atomic E-state index is 12.8. The summed E-state index contributed by atoms with van der Waals surface area (Å²) in [5.74, 6) is -1.77. The predicted octanol–water partition coefficient (Wildman–Crippen LogP) is 12.2. The van der Waals surface area contributed by atoms with Gasteiger partial charge in [0, 0.05) is 19.3 Å². The van der Waals surface area contributed by atoms with Crippen molar-refractivity contribution in [2.45, 2.75) is 199 Å². The number of allylic oxidation sites excluding steroid dienone is 12. The molecule has 0 aromatic rings. The third kappa shape index (κ3) is 40.2. The maximum Gasteiger partial charge on any atom is 0.306 e. The van der Waals surface area contributed by atoms with Gasteiger partial charge in [0.1, 0.15) is 12.6 Å². The van der Waals surface area contributed by atoms with Crippen LogP contribution in [0.3, 0.4) is 0 Å². The minimum Gasteiger partial charge on any atom is -0.544 e. The van der Waals surface area contributed by atoms with Crippen LogP contribution in [-0.4, -0.2) is 75.5 Å². The minimum atomic E-state index is -1.13. The van der Waals surface area contributed by atoms with E-state index in [1.807, 2.05) is 0 Å². The number of nitrogens with zero attached hydrogens (tertiary/aromatic N) is 1. The number of quaternary nitrogens is 1. The van der Waals surface area contributed by atoms with E-state index in [1.165, 1.54) is 64.2 Å². The van der Waals surface area contributed by atoms with E-state index in [1.54, 1.807) is 21.1 Å². The Morgan fingerprint density at radius 3 is 1.38 bits per heavy atom. The Morgan fingerprint density at radius 2 is 0.933 bits per heavy atom. The first-order valence-electron chi connectivity index (χ1n) is 24.0. The molecule has 0 aliphatic rings. The number of carboxylic acid groups (broad SMARTS) is 1. The number of unbranched alkanes of at least 4 members (excludes halogenated alkanes) is 16. The number of carboxylic acids is 1. The lowest BCUT2D eigenvalue weighted by molar-refractivity contribution is -0.889. The van der Waals surface area contributed by atoms with Gasteiger partial charge < -0.3 is 28.6 Å². The van der Waals surface area contributed by atoms with Crippen LogP contribution in [0.15, 0.2) is 72.9 Å². The van der Waals surface area contributed by atoms with Crippen molar-refractivity contribution in [3.63, 3.8) is 0 Å². The van der Waals surface area contributed by atoms with E-state index in [-0.39, 0.29) is 42.7 Å². The van der Waals surface area contributed by atoms with Crippen LogP contribution < -0.4 is 5.11 Å². The summed E-state index contributed by atoms with van der Waals surface area (Å²) in [7, 11) is 5.40. The summed E-state index contributed by atoms with van der Waals surface area (Å²) in [6.45, 7) is 4.50. The molecule has 2 unspecified atom stereocenters. The zero-order valence-electron chi connectivity index (χ0n) is 39.1. The van der Waals surface area contributed by atoms with Crippen LogP contribution in [0.25, 0.3) is 0 Å². The molecule has 0 saturated heterocycles. The van der Waals surface area contributed by atoms with Crippen LogP contribution in [0, 0.1) is 0 Å². The van der Waals surface area contributed by atoms with Crippen molar-refractivity contribution >= 4 is 17.9 Å². The van der Waals surface area contributed by atoms with E-state index in [2.05, 4.69) is 86.8 Å². The number of carbonyl (C=O) groups is 3. The van der Waals surface area contributed by atoms with E-state index in [4.69, 9.17) is 14.2 Å². The summed E-state index contributed by atoms with van der Waals surface area (Å²) >= 11 is 0. The highest BCUT2D eigenvalue weighted by atomic mass is 16.6. The smallest absolute Gasteiger partial charge is 0.306 e. The van der Waals surface area contributed by atoms with E-state index in [0.29, 0.717) is 12.8 Å². The molecule has 0 saturated carbocycles. The quantitative estimate of drug-likeness (QED) is 0.0261. The molecule has 0 aliphatic carbocycles. The Bertz CT molecular complexity index is 1210. The van der Waals surface area contributed by atoms with Gasteiger partial charge in [0.2, 0.25) is 0 Å². The molecule has 0 amide bonds. The molecule has 0 N–H and O–H groups in total. The second-order valence-corrected chi connectivity index (χ2v) is 17.0. The van der Waals surface area contributed by atoms with Crippen LogP contribution in [0.2, 0.25) is 0 Å². The molecule has 0 rings (SSSR count). The zero-order valence-corrected chi connectivity index (χ0v) is 39.1. The van der Waals surface area contributed by atoms with Crippen molar-refractivity contribution in [1.29, 1.82) is 0 Å². The summed E-state index contributed by atoms with van der Waals surface area (Å²) in [6, 6.07) is -0.733. The zero-order chi connectivity index (χ0) is 44.2. The number of rotatable bonds is 42. The molecule has 0 aliphatic heterocycles. The highest BCUT2D eigenvalue weighted by Gasteiger charge is 2.25. The Balaban J connectivity index is 4.35. The van der Waals surface area contributed by atoms with Crippen LogP contribution in [0.4, 0.5) is 0 Å². The number of esters is 2. The highest BCUT2D eigenvalue weighted by Crippen LogP contribution is 2.14. The summed E-state index contributed by atoms with van der Waals surface area (Å²) < 4.78 is 17.2. The topological polar surface area (TPSA) is 102 Å². The Hall–Kier alpha value is -3.23. The molecule has 8 heteroatoms. The third-order valence-corrected chi connectivity index (χ3v) is 10.3. The van der Waals surface area contributed by atoms with Gasteiger partial charge in [-0.1, -0.05) is 157 Å². The molecule has 0 fully saturated rings. The molecule has 60 heavy (non-hydrogen) atoms. The molecular formula is C52H89NO7. The fourth-order valence-corrected chi connectivity index (χ4v) is 6.62. The second kappa shape index (κ2) is 42.5. The van der Waals surface area contributed by atoms with Crippen molar-refractivity contribution < 1.29 is 38.2 Å². The monoisotopic (exact) mass is 840 g/mol. The van der Waals surface area contributed by atoms with Gasteiger partial charge in [0.15, 0.2) is 6.10 Å². The normalized spacial score (nSPS) is 13.6. The first-order valence-corrected chi connectivity index (χ1v) is 24.0.